The molecule has 0 saturated carbocycles. The second-order valence-corrected chi connectivity index (χ2v) is 5.03. The standard InChI is InChI=1S/C13H24N2O4/c1-4-13(5-2,6-3)15-12(18)14-10-8-19-7-9(10)11(16)17/h9-10H,4-8H2,1-3H3,(H,16,17)(H2,14,15,18). The second kappa shape index (κ2) is 6.75. The summed E-state index contributed by atoms with van der Waals surface area (Å²) in [6, 6.07) is -0.770. The molecule has 0 bridgehead atoms. The first-order valence-electron chi connectivity index (χ1n) is 6.87. The van der Waals surface area contributed by atoms with Crippen LogP contribution in [0.4, 0.5) is 4.79 Å². The number of carbonyl (C=O) groups excluding carboxylic acids is 1. The molecule has 1 fully saturated rings. The minimum Gasteiger partial charge on any atom is -0.481 e. The topological polar surface area (TPSA) is 87.7 Å². The Balaban J connectivity index is 2.57. The molecule has 1 saturated heterocycles. The normalized spacial score (nSPS) is 23.1. The molecule has 0 aliphatic carbocycles. The number of amides is 2. The lowest BCUT2D eigenvalue weighted by Crippen LogP contribution is -2.55. The van der Waals surface area contributed by atoms with Crippen molar-refractivity contribution < 1.29 is 19.4 Å². The lowest BCUT2D eigenvalue weighted by Gasteiger charge is -2.32. The lowest BCUT2D eigenvalue weighted by molar-refractivity contribution is -0.142. The van der Waals surface area contributed by atoms with Crippen LogP contribution < -0.4 is 10.6 Å². The molecule has 0 aromatic rings. The first-order chi connectivity index (χ1) is 8.98. The molecule has 0 radical (unpaired) electrons. The first-order valence-corrected chi connectivity index (χ1v) is 6.87. The summed E-state index contributed by atoms with van der Waals surface area (Å²) in [6.45, 7) is 6.51. The predicted molar refractivity (Wildman–Crippen MR) is 71.0 cm³/mol. The van der Waals surface area contributed by atoms with Gasteiger partial charge < -0.3 is 20.5 Å². The number of urea groups is 1. The van der Waals surface area contributed by atoms with Crippen LogP contribution in [0.1, 0.15) is 40.0 Å². The lowest BCUT2D eigenvalue weighted by atomic mass is 9.90. The highest BCUT2D eigenvalue weighted by Gasteiger charge is 2.36. The number of hydrogen-bond acceptors (Lipinski definition) is 3. The summed E-state index contributed by atoms with van der Waals surface area (Å²) in [5, 5.41) is 14.7. The number of ether oxygens (including phenoxy) is 1. The van der Waals surface area contributed by atoms with Gasteiger partial charge in [-0.1, -0.05) is 20.8 Å². The molecular formula is C13H24N2O4. The summed E-state index contributed by atoms with van der Waals surface area (Å²) >= 11 is 0. The van der Waals surface area contributed by atoms with E-state index in [0.717, 1.165) is 19.3 Å². The number of hydrogen-bond donors (Lipinski definition) is 3. The van der Waals surface area contributed by atoms with Crippen molar-refractivity contribution in [2.45, 2.75) is 51.6 Å². The molecule has 2 amide bonds. The summed E-state index contributed by atoms with van der Waals surface area (Å²) in [5.41, 5.74) is -0.220. The maximum Gasteiger partial charge on any atom is 0.315 e. The molecule has 1 aliphatic heterocycles. The minimum atomic E-state index is -0.935. The molecule has 6 nitrogen and oxygen atoms in total. The smallest absolute Gasteiger partial charge is 0.315 e. The summed E-state index contributed by atoms with van der Waals surface area (Å²) in [7, 11) is 0. The summed E-state index contributed by atoms with van der Waals surface area (Å²) in [4.78, 5) is 23.0. The van der Waals surface area contributed by atoms with Gasteiger partial charge in [0.2, 0.25) is 0 Å². The van der Waals surface area contributed by atoms with E-state index in [1.165, 1.54) is 0 Å². The number of carbonyl (C=O) groups is 2. The second-order valence-electron chi connectivity index (χ2n) is 5.03. The summed E-state index contributed by atoms with van der Waals surface area (Å²) < 4.78 is 5.12. The zero-order valence-corrected chi connectivity index (χ0v) is 11.9. The Morgan fingerprint density at radius 3 is 2.26 bits per heavy atom. The van der Waals surface area contributed by atoms with Gasteiger partial charge in [0, 0.05) is 5.54 Å². The quantitative estimate of drug-likeness (QED) is 0.681. The predicted octanol–water partition coefficient (Wildman–Crippen LogP) is 1.35. The highest BCUT2D eigenvalue weighted by atomic mass is 16.5. The van der Waals surface area contributed by atoms with Crippen LogP contribution in [-0.2, 0) is 9.53 Å². The molecule has 19 heavy (non-hydrogen) atoms. The molecule has 1 aliphatic rings. The maximum absolute atomic E-state index is 12.0. The average molecular weight is 272 g/mol. The highest BCUT2D eigenvalue weighted by Crippen LogP contribution is 2.19. The van der Waals surface area contributed by atoms with Crippen molar-refractivity contribution in [1.82, 2.24) is 10.6 Å². The molecule has 2 unspecified atom stereocenters. The summed E-state index contributed by atoms with van der Waals surface area (Å²) in [6.07, 6.45) is 2.53. The zero-order chi connectivity index (χ0) is 14.5. The van der Waals surface area contributed by atoms with Gasteiger partial charge in [0.25, 0.3) is 0 Å². The van der Waals surface area contributed by atoms with Gasteiger partial charge in [-0.3, -0.25) is 4.79 Å². The van der Waals surface area contributed by atoms with Gasteiger partial charge in [-0.15, -0.1) is 0 Å². The van der Waals surface area contributed by atoms with E-state index < -0.39 is 17.9 Å². The fourth-order valence-electron chi connectivity index (χ4n) is 2.40. The first kappa shape index (κ1) is 15.8. The average Bonchev–Trinajstić information content (AvgIpc) is 2.84. The molecule has 110 valence electrons. The van der Waals surface area contributed by atoms with E-state index in [1.807, 2.05) is 20.8 Å². The number of rotatable bonds is 6. The van der Waals surface area contributed by atoms with Gasteiger partial charge in [-0.05, 0) is 19.3 Å². The molecule has 0 aromatic carbocycles. The van der Waals surface area contributed by atoms with Gasteiger partial charge in [0.1, 0.15) is 5.92 Å². The van der Waals surface area contributed by atoms with Crippen molar-refractivity contribution in [3.8, 4) is 0 Å². The number of aliphatic carboxylic acids is 1. The Bertz CT molecular complexity index is 320. The van der Waals surface area contributed by atoms with Crippen LogP contribution in [0, 0.1) is 5.92 Å². The molecule has 1 heterocycles. The highest BCUT2D eigenvalue weighted by molar-refractivity contribution is 5.77. The Morgan fingerprint density at radius 2 is 1.79 bits per heavy atom. The van der Waals surface area contributed by atoms with Crippen LogP contribution in [0.3, 0.4) is 0 Å². The summed E-state index contributed by atoms with van der Waals surface area (Å²) in [5.74, 6) is -1.60. The van der Waals surface area contributed by atoms with Crippen LogP contribution in [-0.4, -0.2) is 41.9 Å². The Kier molecular flexibility index (Phi) is 5.60. The molecule has 6 heteroatoms. The van der Waals surface area contributed by atoms with E-state index in [9.17, 15) is 9.59 Å². The molecular weight excluding hydrogens is 248 g/mol. The Labute approximate surface area is 113 Å². The van der Waals surface area contributed by atoms with Crippen LogP contribution in [0.2, 0.25) is 0 Å². The molecule has 1 rings (SSSR count). The van der Waals surface area contributed by atoms with Crippen molar-refractivity contribution in [2.24, 2.45) is 5.92 Å². The fraction of sp³-hybridized carbons (Fsp3) is 0.846. The van der Waals surface area contributed by atoms with Crippen molar-refractivity contribution in [3.63, 3.8) is 0 Å². The minimum absolute atomic E-state index is 0.154. The molecule has 2 atom stereocenters. The molecule has 0 spiro atoms. The van der Waals surface area contributed by atoms with E-state index in [0.29, 0.717) is 0 Å². The van der Waals surface area contributed by atoms with E-state index in [1.54, 1.807) is 0 Å². The maximum atomic E-state index is 12.0. The number of carboxylic acids is 1. The van der Waals surface area contributed by atoms with Crippen LogP contribution >= 0.6 is 0 Å². The molecule has 0 aromatic heterocycles. The van der Waals surface area contributed by atoms with E-state index in [2.05, 4.69) is 10.6 Å². The monoisotopic (exact) mass is 272 g/mol. The van der Waals surface area contributed by atoms with Gasteiger partial charge >= 0.3 is 12.0 Å². The number of nitrogens with one attached hydrogen (secondary N) is 2. The van der Waals surface area contributed by atoms with Gasteiger partial charge in [-0.2, -0.15) is 0 Å². The fourth-order valence-corrected chi connectivity index (χ4v) is 2.40. The van der Waals surface area contributed by atoms with E-state index in [-0.39, 0.29) is 24.8 Å². The van der Waals surface area contributed by atoms with Crippen molar-refractivity contribution in [1.29, 1.82) is 0 Å². The van der Waals surface area contributed by atoms with Crippen molar-refractivity contribution in [3.05, 3.63) is 0 Å². The van der Waals surface area contributed by atoms with Gasteiger partial charge in [0.15, 0.2) is 0 Å². The van der Waals surface area contributed by atoms with Gasteiger partial charge in [0.05, 0.1) is 19.3 Å². The third-order valence-electron chi connectivity index (χ3n) is 4.12. The van der Waals surface area contributed by atoms with Crippen LogP contribution in [0.25, 0.3) is 0 Å². The van der Waals surface area contributed by atoms with Gasteiger partial charge in [-0.25, -0.2) is 4.79 Å². The zero-order valence-electron chi connectivity index (χ0n) is 11.9. The SMILES string of the molecule is CCC(CC)(CC)NC(=O)NC1COCC1C(=O)O. The Hall–Kier alpha value is -1.30. The molecule has 3 N–H and O–H groups in total. The largest absolute Gasteiger partial charge is 0.481 e. The van der Waals surface area contributed by atoms with Crippen LogP contribution in [0.15, 0.2) is 0 Å². The van der Waals surface area contributed by atoms with E-state index in [4.69, 9.17) is 9.84 Å². The Morgan fingerprint density at radius 1 is 1.21 bits per heavy atom. The third-order valence-corrected chi connectivity index (χ3v) is 4.12. The van der Waals surface area contributed by atoms with Crippen molar-refractivity contribution >= 4 is 12.0 Å². The van der Waals surface area contributed by atoms with Crippen molar-refractivity contribution in [2.75, 3.05) is 13.2 Å². The van der Waals surface area contributed by atoms with Crippen LogP contribution in [0.5, 0.6) is 0 Å². The number of carboxylic acid groups (broad SMARTS) is 1. The van der Waals surface area contributed by atoms with E-state index >= 15 is 0 Å². The third kappa shape index (κ3) is 3.83.